The summed E-state index contributed by atoms with van der Waals surface area (Å²) in [7, 11) is 3.62. The van der Waals surface area contributed by atoms with Gasteiger partial charge in [-0.05, 0) is 21.5 Å². The summed E-state index contributed by atoms with van der Waals surface area (Å²) in [6, 6.07) is 5.53. The first-order chi connectivity index (χ1) is 7.38. The Morgan fingerprint density at radius 1 is 1.44 bits per heavy atom. The van der Waals surface area contributed by atoms with Gasteiger partial charge in [-0.1, -0.05) is 18.2 Å². The number of aromatic nitrogens is 1. The Bertz CT molecular complexity index is 648. The fourth-order valence-corrected chi connectivity index (χ4v) is 3.39. The summed E-state index contributed by atoms with van der Waals surface area (Å²) in [4.78, 5) is 0. The summed E-state index contributed by atoms with van der Waals surface area (Å²) in [6.07, 6.45) is 1.90. The van der Waals surface area contributed by atoms with Crippen LogP contribution < -0.4 is 0 Å². The van der Waals surface area contributed by atoms with Crippen molar-refractivity contribution in [1.29, 1.82) is 0 Å². The Labute approximate surface area is 107 Å². The SMILES string of the molecule is Cn1cc(Br)c2cccc(CS(=O)(=O)Cl)c21. The standard InChI is InChI=1S/C10H9BrClNO2S/c1-13-5-9(11)8-4-2-3-7(10(8)13)6-16(12,14)15/h2-5H,6H2,1H3. The first kappa shape index (κ1) is 12.0. The highest BCUT2D eigenvalue weighted by Gasteiger charge is 2.13. The zero-order chi connectivity index (χ0) is 11.9. The van der Waals surface area contributed by atoms with Crippen LogP contribution in [0, 0.1) is 0 Å². The first-order valence-electron chi connectivity index (χ1n) is 4.53. The highest BCUT2D eigenvalue weighted by Crippen LogP contribution is 2.29. The Kier molecular flexibility index (Phi) is 3.03. The van der Waals surface area contributed by atoms with Crippen LogP contribution in [-0.2, 0) is 21.9 Å². The van der Waals surface area contributed by atoms with E-state index in [0.29, 0.717) is 5.56 Å². The van der Waals surface area contributed by atoms with Gasteiger partial charge in [-0.2, -0.15) is 0 Å². The van der Waals surface area contributed by atoms with Gasteiger partial charge in [-0.15, -0.1) is 0 Å². The van der Waals surface area contributed by atoms with Crippen molar-refractivity contribution in [1.82, 2.24) is 4.57 Å². The monoisotopic (exact) mass is 321 g/mol. The highest BCUT2D eigenvalue weighted by atomic mass is 79.9. The molecule has 0 fully saturated rings. The lowest BCUT2D eigenvalue weighted by atomic mass is 10.2. The summed E-state index contributed by atoms with van der Waals surface area (Å²) in [5.41, 5.74) is 1.60. The molecule has 86 valence electrons. The third-order valence-electron chi connectivity index (χ3n) is 2.36. The third-order valence-corrected chi connectivity index (χ3v) is 3.98. The lowest BCUT2D eigenvalue weighted by molar-refractivity contribution is 0.609. The minimum Gasteiger partial charge on any atom is -0.349 e. The van der Waals surface area contributed by atoms with Crippen LogP contribution in [0.3, 0.4) is 0 Å². The zero-order valence-electron chi connectivity index (χ0n) is 8.44. The number of aryl methyl sites for hydroxylation is 1. The lowest BCUT2D eigenvalue weighted by Gasteiger charge is -2.03. The van der Waals surface area contributed by atoms with Crippen LogP contribution in [0.4, 0.5) is 0 Å². The van der Waals surface area contributed by atoms with Crippen molar-refractivity contribution in [3.05, 3.63) is 34.4 Å². The van der Waals surface area contributed by atoms with E-state index in [2.05, 4.69) is 15.9 Å². The van der Waals surface area contributed by atoms with Gasteiger partial charge in [0.15, 0.2) is 0 Å². The van der Waals surface area contributed by atoms with E-state index in [9.17, 15) is 8.42 Å². The highest BCUT2D eigenvalue weighted by molar-refractivity contribution is 9.10. The molecule has 0 aliphatic heterocycles. The van der Waals surface area contributed by atoms with Gasteiger partial charge in [0.25, 0.3) is 0 Å². The average molecular weight is 323 g/mol. The Morgan fingerprint density at radius 2 is 2.12 bits per heavy atom. The summed E-state index contributed by atoms with van der Waals surface area (Å²) >= 11 is 3.43. The van der Waals surface area contributed by atoms with Crippen molar-refractivity contribution in [2.45, 2.75) is 5.75 Å². The minimum absolute atomic E-state index is 0.157. The van der Waals surface area contributed by atoms with E-state index in [4.69, 9.17) is 10.7 Å². The molecule has 0 saturated heterocycles. The molecule has 0 unspecified atom stereocenters. The van der Waals surface area contributed by atoms with Gasteiger partial charge in [0.05, 0.1) is 11.3 Å². The average Bonchev–Trinajstić information content (AvgIpc) is 2.41. The normalized spacial score (nSPS) is 12.2. The maximum Gasteiger partial charge on any atom is 0.236 e. The molecule has 0 bridgehead atoms. The van der Waals surface area contributed by atoms with Crippen molar-refractivity contribution in [2.24, 2.45) is 7.05 Å². The number of benzene rings is 1. The number of rotatable bonds is 2. The zero-order valence-corrected chi connectivity index (χ0v) is 11.6. The molecular weight excluding hydrogens is 314 g/mol. The molecule has 2 aromatic rings. The lowest BCUT2D eigenvalue weighted by Crippen LogP contribution is -1.98. The predicted molar refractivity (Wildman–Crippen MR) is 69.1 cm³/mol. The summed E-state index contributed by atoms with van der Waals surface area (Å²) in [5.74, 6) is -0.157. The van der Waals surface area contributed by atoms with Crippen molar-refractivity contribution in [2.75, 3.05) is 0 Å². The molecule has 1 aromatic heterocycles. The molecule has 0 atom stereocenters. The van der Waals surface area contributed by atoms with Crippen LogP contribution >= 0.6 is 26.6 Å². The Morgan fingerprint density at radius 3 is 2.75 bits per heavy atom. The third kappa shape index (κ3) is 2.26. The molecule has 3 nitrogen and oxygen atoms in total. The second kappa shape index (κ2) is 4.05. The number of halogens is 2. The van der Waals surface area contributed by atoms with Crippen LogP contribution in [0.15, 0.2) is 28.9 Å². The van der Waals surface area contributed by atoms with Crippen LogP contribution in [0.2, 0.25) is 0 Å². The van der Waals surface area contributed by atoms with Crippen molar-refractivity contribution in [3.8, 4) is 0 Å². The van der Waals surface area contributed by atoms with Crippen LogP contribution in [0.1, 0.15) is 5.56 Å². The Hall–Kier alpha value is -0.520. The topological polar surface area (TPSA) is 39.1 Å². The van der Waals surface area contributed by atoms with E-state index in [1.807, 2.05) is 29.9 Å². The molecule has 0 radical (unpaired) electrons. The quantitative estimate of drug-likeness (QED) is 0.797. The van der Waals surface area contributed by atoms with E-state index >= 15 is 0 Å². The van der Waals surface area contributed by atoms with E-state index in [1.165, 1.54) is 0 Å². The van der Waals surface area contributed by atoms with Gasteiger partial charge in [0.2, 0.25) is 9.05 Å². The molecule has 0 aliphatic rings. The molecule has 1 aromatic carbocycles. The van der Waals surface area contributed by atoms with Gasteiger partial charge in [0, 0.05) is 33.8 Å². The number of hydrogen-bond donors (Lipinski definition) is 0. The Balaban J connectivity index is 2.71. The van der Waals surface area contributed by atoms with E-state index in [0.717, 1.165) is 15.4 Å². The fourth-order valence-electron chi connectivity index (χ4n) is 1.81. The van der Waals surface area contributed by atoms with Crippen LogP contribution in [0.5, 0.6) is 0 Å². The molecule has 0 amide bonds. The van der Waals surface area contributed by atoms with Crippen molar-refractivity contribution in [3.63, 3.8) is 0 Å². The van der Waals surface area contributed by atoms with Crippen LogP contribution in [0.25, 0.3) is 10.9 Å². The van der Waals surface area contributed by atoms with Crippen molar-refractivity contribution < 1.29 is 8.42 Å². The summed E-state index contributed by atoms with van der Waals surface area (Å²) < 4.78 is 25.0. The summed E-state index contributed by atoms with van der Waals surface area (Å²) in [6.45, 7) is 0. The first-order valence-corrected chi connectivity index (χ1v) is 7.80. The predicted octanol–water partition coefficient (Wildman–Crippen LogP) is 3.01. The number of fused-ring (bicyclic) bond motifs is 1. The molecule has 0 aliphatic carbocycles. The van der Waals surface area contributed by atoms with Gasteiger partial charge in [-0.25, -0.2) is 8.42 Å². The second-order valence-corrected chi connectivity index (χ2v) is 7.22. The molecule has 16 heavy (non-hydrogen) atoms. The maximum atomic E-state index is 11.1. The van der Waals surface area contributed by atoms with E-state index in [1.54, 1.807) is 6.07 Å². The molecular formula is C10H9BrClNO2S. The van der Waals surface area contributed by atoms with Crippen LogP contribution in [-0.4, -0.2) is 13.0 Å². The largest absolute Gasteiger partial charge is 0.349 e. The van der Waals surface area contributed by atoms with Gasteiger partial charge in [0.1, 0.15) is 0 Å². The number of hydrogen-bond acceptors (Lipinski definition) is 2. The van der Waals surface area contributed by atoms with E-state index in [-0.39, 0.29) is 5.75 Å². The minimum atomic E-state index is -3.53. The molecule has 0 spiro atoms. The molecule has 6 heteroatoms. The number of nitrogens with zero attached hydrogens (tertiary/aromatic N) is 1. The summed E-state index contributed by atoms with van der Waals surface area (Å²) in [5, 5.41) is 0.986. The van der Waals surface area contributed by atoms with Gasteiger partial charge < -0.3 is 4.57 Å². The maximum absolute atomic E-state index is 11.1. The van der Waals surface area contributed by atoms with Gasteiger partial charge >= 0.3 is 0 Å². The fraction of sp³-hybridized carbons (Fsp3) is 0.200. The second-order valence-electron chi connectivity index (χ2n) is 3.58. The van der Waals surface area contributed by atoms with E-state index < -0.39 is 9.05 Å². The molecule has 0 N–H and O–H groups in total. The molecule has 2 rings (SSSR count). The molecule has 1 heterocycles. The van der Waals surface area contributed by atoms with Gasteiger partial charge in [-0.3, -0.25) is 0 Å². The smallest absolute Gasteiger partial charge is 0.236 e. The van der Waals surface area contributed by atoms with Crippen molar-refractivity contribution >= 4 is 46.6 Å². The number of para-hydroxylation sites is 1. The molecule has 0 saturated carbocycles.